The number of nitrogens with one attached hydrogen (secondary N) is 1. The van der Waals surface area contributed by atoms with E-state index < -0.39 is 29.4 Å². The fourth-order valence-electron chi connectivity index (χ4n) is 4.00. The monoisotopic (exact) mass is 546 g/mol. The van der Waals surface area contributed by atoms with Crippen molar-refractivity contribution in [3.8, 4) is 5.75 Å². The first kappa shape index (κ1) is 25.5. The molecule has 0 atom stereocenters. The number of thioether (sulfide) groups is 1. The molecule has 1 aliphatic rings. The third-order valence-corrected chi connectivity index (χ3v) is 7.11. The van der Waals surface area contributed by atoms with Crippen molar-refractivity contribution in [2.45, 2.75) is 6.61 Å². The van der Waals surface area contributed by atoms with Gasteiger partial charge in [-0.05, 0) is 58.9 Å². The third-order valence-electron chi connectivity index (χ3n) is 5.83. The van der Waals surface area contributed by atoms with Crippen LogP contribution >= 0.6 is 23.4 Å². The van der Waals surface area contributed by atoms with Gasteiger partial charge >= 0.3 is 0 Å². The molecule has 1 saturated heterocycles. The first-order chi connectivity index (χ1) is 18.4. The molecule has 190 valence electrons. The number of carbonyl (C=O) groups excluding carboxylic acids is 3. The highest BCUT2D eigenvalue weighted by atomic mass is 35.5. The Morgan fingerprint density at radius 1 is 1.00 bits per heavy atom. The van der Waals surface area contributed by atoms with Gasteiger partial charge in [0.25, 0.3) is 11.1 Å². The highest BCUT2D eigenvalue weighted by molar-refractivity contribution is 8.18. The summed E-state index contributed by atoms with van der Waals surface area (Å²) in [4.78, 5) is 39.3. The van der Waals surface area contributed by atoms with Crippen LogP contribution in [0, 0.1) is 5.82 Å². The number of anilines is 1. The van der Waals surface area contributed by atoms with Gasteiger partial charge in [0, 0.05) is 21.8 Å². The van der Waals surface area contributed by atoms with Gasteiger partial charge in [0.2, 0.25) is 5.91 Å². The molecule has 4 aromatic carbocycles. The van der Waals surface area contributed by atoms with Gasteiger partial charge in [-0.1, -0.05) is 66.2 Å². The van der Waals surface area contributed by atoms with E-state index in [1.54, 1.807) is 12.1 Å². The smallest absolute Gasteiger partial charge is 0.294 e. The van der Waals surface area contributed by atoms with Crippen molar-refractivity contribution in [2.24, 2.45) is 0 Å². The normalized spacial score (nSPS) is 14.4. The first-order valence-corrected chi connectivity index (χ1v) is 12.8. The van der Waals surface area contributed by atoms with Crippen molar-refractivity contribution in [1.29, 1.82) is 0 Å². The minimum Gasteiger partial charge on any atom is -0.488 e. The molecular formula is C29H20ClFN2O4S. The van der Waals surface area contributed by atoms with E-state index in [1.807, 2.05) is 54.6 Å². The number of hydrogen-bond acceptors (Lipinski definition) is 5. The van der Waals surface area contributed by atoms with E-state index in [-0.39, 0.29) is 17.2 Å². The van der Waals surface area contributed by atoms with Crippen LogP contribution in [0.3, 0.4) is 0 Å². The maximum Gasteiger partial charge on any atom is 0.294 e. The van der Waals surface area contributed by atoms with Crippen molar-refractivity contribution in [3.63, 3.8) is 0 Å². The summed E-state index contributed by atoms with van der Waals surface area (Å²) in [6, 6.07) is 24.0. The van der Waals surface area contributed by atoms with Crippen molar-refractivity contribution >= 4 is 63.0 Å². The van der Waals surface area contributed by atoms with E-state index in [0.29, 0.717) is 16.3 Å². The number of benzene rings is 4. The summed E-state index contributed by atoms with van der Waals surface area (Å²) in [6.45, 7) is -0.287. The molecular weight excluding hydrogens is 527 g/mol. The van der Waals surface area contributed by atoms with Crippen LogP contribution < -0.4 is 10.1 Å². The fourth-order valence-corrected chi connectivity index (χ4v) is 5.01. The van der Waals surface area contributed by atoms with Gasteiger partial charge in [-0.3, -0.25) is 19.3 Å². The van der Waals surface area contributed by atoms with Crippen molar-refractivity contribution in [1.82, 2.24) is 4.90 Å². The summed E-state index contributed by atoms with van der Waals surface area (Å²) in [7, 11) is 0. The second-order valence-electron chi connectivity index (χ2n) is 8.40. The Morgan fingerprint density at radius 3 is 2.61 bits per heavy atom. The van der Waals surface area contributed by atoms with Crippen molar-refractivity contribution in [3.05, 3.63) is 112 Å². The summed E-state index contributed by atoms with van der Waals surface area (Å²) >= 11 is 7.02. The number of fused-ring (bicyclic) bond motifs is 1. The molecule has 0 saturated carbocycles. The summed E-state index contributed by atoms with van der Waals surface area (Å²) in [5.74, 6) is -1.22. The Morgan fingerprint density at radius 2 is 1.79 bits per heavy atom. The molecule has 0 radical (unpaired) electrons. The average molecular weight is 547 g/mol. The van der Waals surface area contributed by atoms with E-state index in [2.05, 4.69) is 5.32 Å². The Labute approximate surface area is 227 Å². The van der Waals surface area contributed by atoms with Crippen LogP contribution in [0.25, 0.3) is 16.8 Å². The minimum absolute atomic E-state index is 0.160. The summed E-state index contributed by atoms with van der Waals surface area (Å²) in [5.41, 5.74) is 1.66. The molecule has 0 unspecified atom stereocenters. The van der Waals surface area contributed by atoms with Gasteiger partial charge in [0.05, 0.1) is 4.91 Å². The van der Waals surface area contributed by atoms with E-state index >= 15 is 0 Å². The lowest BCUT2D eigenvalue weighted by atomic mass is 10.0. The Kier molecular flexibility index (Phi) is 7.44. The number of halogens is 2. The lowest BCUT2D eigenvalue weighted by Gasteiger charge is -2.14. The largest absolute Gasteiger partial charge is 0.488 e. The Bertz CT molecular complexity index is 1610. The van der Waals surface area contributed by atoms with Gasteiger partial charge in [-0.25, -0.2) is 4.39 Å². The highest BCUT2D eigenvalue weighted by Gasteiger charge is 2.36. The lowest BCUT2D eigenvalue weighted by Crippen LogP contribution is -2.36. The molecule has 9 heteroatoms. The molecule has 4 aromatic rings. The number of imide groups is 1. The number of hydrogen-bond donors (Lipinski definition) is 1. The SMILES string of the molecule is O=C(CN1C(=O)S/C(=C/c2c(OCc3ccccc3Cl)ccc3ccccc23)C1=O)Nc1cccc(F)c1. The zero-order chi connectivity index (χ0) is 26.6. The van der Waals surface area contributed by atoms with Crippen molar-refractivity contribution in [2.75, 3.05) is 11.9 Å². The second-order valence-corrected chi connectivity index (χ2v) is 9.81. The molecule has 5 rings (SSSR count). The second kappa shape index (κ2) is 11.1. The van der Waals surface area contributed by atoms with E-state index in [9.17, 15) is 18.8 Å². The summed E-state index contributed by atoms with van der Waals surface area (Å²) in [5, 5.41) is 4.26. The molecule has 1 N–H and O–H groups in total. The molecule has 0 aromatic heterocycles. The van der Waals surface area contributed by atoms with E-state index in [0.717, 1.165) is 39.1 Å². The standard InChI is InChI=1S/C29H20ClFN2O4S/c30-24-11-4-2-7-19(24)17-37-25-13-12-18-6-1-3-10-22(18)23(25)15-26-28(35)33(29(36)38-26)16-27(34)32-21-9-5-8-20(31)14-21/h1-15H,16-17H2,(H,32,34)/b26-15+. The van der Waals surface area contributed by atoms with Crippen LogP contribution in [0.2, 0.25) is 5.02 Å². The van der Waals surface area contributed by atoms with Gasteiger partial charge < -0.3 is 10.1 Å². The molecule has 0 spiro atoms. The molecule has 38 heavy (non-hydrogen) atoms. The average Bonchev–Trinajstić information content (AvgIpc) is 3.16. The summed E-state index contributed by atoms with van der Waals surface area (Å²) in [6.07, 6.45) is 1.61. The van der Waals surface area contributed by atoms with Crippen LogP contribution in [0.15, 0.2) is 89.8 Å². The molecule has 1 heterocycles. The fraction of sp³-hybridized carbons (Fsp3) is 0.0690. The molecule has 1 aliphatic heterocycles. The Hall–Kier alpha value is -4.14. The summed E-state index contributed by atoms with van der Waals surface area (Å²) < 4.78 is 19.5. The number of rotatable bonds is 7. The van der Waals surface area contributed by atoms with Crippen molar-refractivity contribution < 1.29 is 23.5 Å². The van der Waals surface area contributed by atoms with Crippen LogP contribution in [0.4, 0.5) is 14.9 Å². The van der Waals surface area contributed by atoms with Crippen LogP contribution in [0.1, 0.15) is 11.1 Å². The zero-order valence-corrected chi connectivity index (χ0v) is 21.4. The quantitative estimate of drug-likeness (QED) is 0.256. The predicted molar refractivity (Wildman–Crippen MR) is 147 cm³/mol. The topological polar surface area (TPSA) is 75.7 Å². The van der Waals surface area contributed by atoms with Gasteiger partial charge in [-0.2, -0.15) is 0 Å². The molecule has 3 amide bonds. The maximum atomic E-state index is 13.4. The van der Waals surface area contributed by atoms with E-state index in [1.165, 1.54) is 18.2 Å². The van der Waals surface area contributed by atoms with Crippen LogP contribution in [-0.4, -0.2) is 28.5 Å². The zero-order valence-electron chi connectivity index (χ0n) is 19.8. The minimum atomic E-state index is -0.618. The molecule has 0 aliphatic carbocycles. The number of nitrogens with zero attached hydrogens (tertiary/aromatic N) is 1. The molecule has 0 bridgehead atoms. The molecule has 1 fully saturated rings. The first-order valence-electron chi connectivity index (χ1n) is 11.6. The maximum absolute atomic E-state index is 13.4. The lowest BCUT2D eigenvalue weighted by molar-refractivity contribution is -0.127. The van der Waals surface area contributed by atoms with Gasteiger partial charge in [0.1, 0.15) is 24.7 Å². The molecule has 6 nitrogen and oxygen atoms in total. The van der Waals surface area contributed by atoms with Gasteiger partial charge in [-0.15, -0.1) is 0 Å². The van der Waals surface area contributed by atoms with Crippen LogP contribution in [0.5, 0.6) is 5.75 Å². The van der Waals surface area contributed by atoms with E-state index in [4.69, 9.17) is 16.3 Å². The van der Waals surface area contributed by atoms with Crippen LogP contribution in [-0.2, 0) is 16.2 Å². The third kappa shape index (κ3) is 5.56. The number of amides is 3. The predicted octanol–water partition coefficient (Wildman–Crippen LogP) is 6.89. The van der Waals surface area contributed by atoms with Gasteiger partial charge in [0.15, 0.2) is 0 Å². The highest BCUT2D eigenvalue weighted by Crippen LogP contribution is 2.37. The Balaban J connectivity index is 1.41. The number of carbonyl (C=O) groups is 3. The number of ether oxygens (including phenoxy) is 1.